The summed E-state index contributed by atoms with van der Waals surface area (Å²) in [7, 11) is 0. The molecule has 0 amide bonds. The van der Waals surface area contributed by atoms with Crippen molar-refractivity contribution < 1.29 is 19.2 Å². The number of hydrogen-bond donors (Lipinski definition) is 4. The first-order chi connectivity index (χ1) is 48.2. The molecule has 4 N–H and O–H groups in total. The van der Waals surface area contributed by atoms with Gasteiger partial charge in [0.15, 0.2) is 0 Å². The Kier molecular flexibility index (Phi) is 28.0. The normalized spacial score (nSPS) is 10.5. The Bertz CT molecular complexity index is 5440. The highest BCUT2D eigenvalue weighted by atomic mass is 16.2. The molecule has 24 heteroatoms. The Morgan fingerprint density at radius 1 is 0.392 bits per heavy atom. The number of hydrogen-bond acceptors (Lipinski definition) is 16. The Hall–Kier alpha value is -12.6. The van der Waals surface area contributed by atoms with Gasteiger partial charge in [-0.25, -0.2) is 19.2 Å². The van der Waals surface area contributed by atoms with Gasteiger partial charge >= 0.3 is 22.8 Å². The number of aromatic amines is 4. The molecule has 0 fully saturated rings. The fourth-order valence-corrected chi connectivity index (χ4v) is 11.4. The zero-order chi connectivity index (χ0) is 76.3. The number of benzene rings is 4. The van der Waals surface area contributed by atoms with Gasteiger partial charge in [-0.15, -0.1) is 12.3 Å². The zero-order valence-corrected chi connectivity index (χ0v) is 59.7. The van der Waals surface area contributed by atoms with Crippen LogP contribution in [0.3, 0.4) is 0 Å². The third-order valence-corrected chi connectivity index (χ3v) is 15.8. The van der Waals surface area contributed by atoms with Crippen LogP contribution in [-0.2, 0) is 26.2 Å². The number of rotatable bonds is 19. The SMILES string of the molecule is C#CCn1c(C(=O)c2cc(C)cc(C#N)c2)c(C(C)C)c(=O)[nH]c1=O.CC#CCn1c(C(=O)c2cc(C)cc(C#N)c2)c(C(C)C)c(=O)[nH]c1=O.CCCCn1c(C(=O)c2cc(C)cc(C#N)c2)c(C(C)C)c(=O)[nH]c1=O.CCCn1c(C(=O)c2cc(C)cc(C#N)c2)c(C(C)C)c(=O)[nH]c1=O. The van der Waals surface area contributed by atoms with E-state index >= 15 is 0 Å². The highest BCUT2D eigenvalue weighted by Gasteiger charge is 2.29. The lowest BCUT2D eigenvalue weighted by Gasteiger charge is -2.17. The summed E-state index contributed by atoms with van der Waals surface area (Å²) in [4.78, 5) is 160. The van der Waals surface area contributed by atoms with Crippen molar-refractivity contribution in [1.82, 2.24) is 38.2 Å². The van der Waals surface area contributed by atoms with Crippen molar-refractivity contribution in [2.75, 3.05) is 0 Å². The van der Waals surface area contributed by atoms with Gasteiger partial charge in [-0.2, -0.15) is 21.0 Å². The van der Waals surface area contributed by atoms with E-state index in [1.54, 1.807) is 125 Å². The van der Waals surface area contributed by atoms with Crippen molar-refractivity contribution >= 4 is 23.1 Å². The number of H-pyrrole nitrogens is 4. The number of aryl methyl sites for hydroxylation is 4. The Morgan fingerprint density at radius 2 is 0.647 bits per heavy atom. The molecule has 102 heavy (non-hydrogen) atoms. The van der Waals surface area contributed by atoms with Crippen molar-refractivity contribution in [2.24, 2.45) is 0 Å². The average Bonchev–Trinajstić information content (AvgIpc) is 0.794. The monoisotopic (exact) mass is 1380 g/mol. The first kappa shape index (κ1) is 80.0. The lowest BCUT2D eigenvalue weighted by atomic mass is 9.95. The number of nitriles is 4. The summed E-state index contributed by atoms with van der Waals surface area (Å²) in [6.45, 7) is 27.4. The van der Waals surface area contributed by atoms with Crippen molar-refractivity contribution in [3.63, 3.8) is 0 Å². The fourth-order valence-electron chi connectivity index (χ4n) is 11.4. The van der Waals surface area contributed by atoms with Gasteiger partial charge in [-0.1, -0.05) is 87.5 Å². The maximum atomic E-state index is 13.3. The van der Waals surface area contributed by atoms with Gasteiger partial charge in [0.25, 0.3) is 22.2 Å². The van der Waals surface area contributed by atoms with E-state index in [1.165, 1.54) is 38.0 Å². The Labute approximate surface area is 588 Å². The van der Waals surface area contributed by atoms with Crippen LogP contribution in [0.1, 0.15) is 250 Å². The van der Waals surface area contributed by atoms with Gasteiger partial charge in [0.05, 0.1) is 59.6 Å². The summed E-state index contributed by atoms with van der Waals surface area (Å²) in [6, 6.07) is 27.2. The number of aromatic nitrogens is 8. The van der Waals surface area contributed by atoms with E-state index in [9.17, 15) is 57.5 Å². The van der Waals surface area contributed by atoms with Crippen LogP contribution in [-0.4, -0.2) is 61.3 Å². The quantitative estimate of drug-likeness (QED) is 0.0433. The largest absolute Gasteiger partial charge is 0.329 e. The molecule has 0 aliphatic rings. The molecule has 0 saturated heterocycles. The number of carbonyl (C=O) groups is 4. The van der Waals surface area contributed by atoms with Gasteiger partial charge in [-0.05, 0) is 166 Å². The number of terminal acetylenes is 1. The molecule has 0 radical (unpaired) electrons. The third kappa shape index (κ3) is 19.0. The van der Waals surface area contributed by atoms with Crippen molar-refractivity contribution in [2.45, 2.75) is 173 Å². The van der Waals surface area contributed by atoms with Gasteiger partial charge in [0.2, 0.25) is 23.1 Å². The Balaban J connectivity index is 0.000000245. The molecule has 4 aromatic heterocycles. The van der Waals surface area contributed by atoms with E-state index in [2.05, 4.69) is 37.7 Å². The van der Waals surface area contributed by atoms with Gasteiger partial charge < -0.3 is 0 Å². The molecule has 8 aromatic rings. The van der Waals surface area contributed by atoms with Crippen molar-refractivity contribution in [3.05, 3.63) is 268 Å². The van der Waals surface area contributed by atoms with Crippen LogP contribution < -0.4 is 45.0 Å². The van der Waals surface area contributed by atoms with Crippen LogP contribution in [0.25, 0.3) is 0 Å². The van der Waals surface area contributed by atoms with E-state index in [0.29, 0.717) is 64.9 Å². The number of unbranched alkanes of at least 4 members (excludes halogenated alkanes) is 1. The summed E-state index contributed by atoms with van der Waals surface area (Å²) in [5.74, 6) is 4.92. The lowest BCUT2D eigenvalue weighted by Crippen LogP contribution is -2.38. The van der Waals surface area contributed by atoms with Gasteiger partial charge in [-0.3, -0.25) is 76.6 Å². The van der Waals surface area contributed by atoms with E-state index < -0.39 is 68.1 Å². The zero-order valence-electron chi connectivity index (χ0n) is 59.7. The van der Waals surface area contributed by atoms with E-state index in [4.69, 9.17) is 27.5 Å². The molecule has 0 spiro atoms. The molecule has 0 aliphatic heterocycles. The lowest BCUT2D eigenvalue weighted by molar-refractivity contribution is 0.101. The second-order valence-electron chi connectivity index (χ2n) is 25.3. The second-order valence-corrected chi connectivity index (χ2v) is 25.3. The summed E-state index contributed by atoms with van der Waals surface area (Å²) < 4.78 is 4.96. The van der Waals surface area contributed by atoms with E-state index in [1.807, 2.05) is 52.0 Å². The minimum atomic E-state index is -0.733. The third-order valence-electron chi connectivity index (χ3n) is 15.8. The molecule has 24 nitrogen and oxygen atoms in total. The molecule has 524 valence electrons. The standard InChI is InChI=1S/C20H23N3O3.C20H19N3O3.C19H21N3O3.C19H17N3O3/c2*1-5-6-7-23-17(16(12(2)3)19(25)22-20(23)26)18(24)15-9-13(4)8-14(10-15)11-21;2*1-5-6-22-16(15(11(2)3)18(24)21-19(22)25)17(23)14-8-12(4)7-13(9-14)10-20/h8-10,12H,5-7H2,1-4H3,(H,22,25,26);8-10,12H,7H2,1-4H3,(H,22,25,26);7-9,11H,5-6H2,1-4H3,(H,21,24,25);1,7-9,11H,6H2,2-4H3,(H,21,24,25). The second kappa shape index (κ2) is 35.7. The van der Waals surface area contributed by atoms with Crippen LogP contribution in [0.5, 0.6) is 0 Å². The highest BCUT2D eigenvalue weighted by Crippen LogP contribution is 2.25. The van der Waals surface area contributed by atoms with Gasteiger partial charge in [0, 0.05) is 57.6 Å². The molecule has 0 saturated carbocycles. The Morgan fingerprint density at radius 3 is 0.882 bits per heavy atom. The molecule has 0 unspecified atom stereocenters. The number of nitrogens with one attached hydrogen (secondary N) is 4. The number of ketones is 4. The van der Waals surface area contributed by atoms with Crippen LogP contribution >= 0.6 is 0 Å². The van der Waals surface area contributed by atoms with Crippen molar-refractivity contribution in [1.29, 1.82) is 21.0 Å². The predicted molar refractivity (Wildman–Crippen MR) is 386 cm³/mol. The molecule has 0 atom stereocenters. The molecule has 0 aliphatic carbocycles. The molecular formula is C78H80N12O12. The topological polar surface area (TPSA) is 383 Å². The first-order valence-corrected chi connectivity index (χ1v) is 32.8. The van der Waals surface area contributed by atoms with Crippen LogP contribution in [0, 0.1) is 97.2 Å². The highest BCUT2D eigenvalue weighted by molar-refractivity contribution is 6.11. The number of carbonyl (C=O) groups excluding carboxylic acids is 4. The molecule has 8 rings (SSSR count). The summed E-state index contributed by atoms with van der Waals surface area (Å²) >= 11 is 0. The van der Waals surface area contributed by atoms with E-state index in [0.717, 1.165) is 33.2 Å². The average molecular weight is 1380 g/mol. The molecule has 4 aromatic carbocycles. The maximum absolute atomic E-state index is 13.3. The van der Waals surface area contributed by atoms with Crippen LogP contribution in [0.15, 0.2) is 111 Å². The summed E-state index contributed by atoms with van der Waals surface area (Å²) in [5, 5.41) is 36.6. The fraction of sp³-hybridized carbons (Fsp3) is 0.333. The smallest absolute Gasteiger partial charge is 0.290 e. The minimum absolute atomic E-state index is 0.0101. The molecule has 0 bridgehead atoms. The molecular weight excluding hydrogens is 1300 g/mol. The minimum Gasteiger partial charge on any atom is -0.290 e. The first-order valence-electron chi connectivity index (χ1n) is 32.8. The van der Waals surface area contributed by atoms with E-state index in [-0.39, 0.29) is 87.4 Å². The molecule has 4 heterocycles. The summed E-state index contributed by atoms with van der Waals surface area (Å²) in [6.07, 6.45) is 7.51. The van der Waals surface area contributed by atoms with Crippen LogP contribution in [0.4, 0.5) is 0 Å². The van der Waals surface area contributed by atoms with Crippen LogP contribution in [0.2, 0.25) is 0 Å². The maximum Gasteiger partial charge on any atom is 0.329 e. The number of nitrogens with zero attached hydrogens (tertiary/aromatic N) is 8. The van der Waals surface area contributed by atoms with Gasteiger partial charge in [0.1, 0.15) is 22.8 Å². The predicted octanol–water partition coefficient (Wildman–Crippen LogP) is 9.15. The summed E-state index contributed by atoms with van der Waals surface area (Å²) in [5.41, 5.74) is 1.88. The van der Waals surface area contributed by atoms with Crippen molar-refractivity contribution in [3.8, 4) is 48.5 Å².